The summed E-state index contributed by atoms with van der Waals surface area (Å²) in [5, 5.41) is 11.8. The molecule has 0 saturated heterocycles. The minimum Gasteiger partial charge on any atom is -0.478 e. The fourth-order valence-corrected chi connectivity index (χ4v) is 2.41. The standard InChI is InChI=1S/C21H25NO5/c1-15-6-4-7-16(12-15)10-11-26-20(25)22-14-17-8-5-9-18(13-17)27-21(2,3)19(23)24/h4-9,12-13H,10-11,14H2,1-3H3,(H,22,25)(H,23,24). The highest BCUT2D eigenvalue weighted by atomic mass is 16.5. The van der Waals surface area contributed by atoms with E-state index in [1.54, 1.807) is 18.2 Å². The number of hydrogen-bond donors (Lipinski definition) is 2. The van der Waals surface area contributed by atoms with Gasteiger partial charge in [0.2, 0.25) is 0 Å². The molecule has 0 aliphatic carbocycles. The molecule has 2 aromatic carbocycles. The van der Waals surface area contributed by atoms with Crippen molar-refractivity contribution in [3.05, 3.63) is 65.2 Å². The minimum atomic E-state index is -1.33. The van der Waals surface area contributed by atoms with Crippen LogP contribution in [0.15, 0.2) is 48.5 Å². The minimum absolute atomic E-state index is 0.258. The largest absolute Gasteiger partial charge is 0.478 e. The Morgan fingerprint density at radius 1 is 1.07 bits per heavy atom. The highest BCUT2D eigenvalue weighted by Crippen LogP contribution is 2.20. The third kappa shape index (κ3) is 6.66. The molecule has 0 bridgehead atoms. The first-order chi connectivity index (χ1) is 12.8. The summed E-state index contributed by atoms with van der Waals surface area (Å²) in [6.45, 7) is 5.53. The van der Waals surface area contributed by atoms with Crippen LogP contribution < -0.4 is 10.1 Å². The number of rotatable bonds is 8. The topological polar surface area (TPSA) is 84.9 Å². The Kier molecular flexibility index (Phi) is 6.82. The zero-order chi connectivity index (χ0) is 19.9. The third-order valence-corrected chi connectivity index (χ3v) is 3.93. The van der Waals surface area contributed by atoms with E-state index < -0.39 is 17.7 Å². The molecule has 0 aliphatic rings. The predicted octanol–water partition coefficient (Wildman–Crippen LogP) is 3.71. The molecule has 0 spiro atoms. The van der Waals surface area contributed by atoms with Crippen LogP contribution in [0.3, 0.4) is 0 Å². The number of carboxylic acid groups (broad SMARTS) is 1. The number of aryl methyl sites for hydroxylation is 1. The Hall–Kier alpha value is -3.02. The van der Waals surface area contributed by atoms with Crippen molar-refractivity contribution in [3.63, 3.8) is 0 Å². The molecule has 0 radical (unpaired) electrons. The van der Waals surface area contributed by atoms with Crippen molar-refractivity contribution >= 4 is 12.1 Å². The molecule has 0 aromatic heterocycles. The van der Waals surface area contributed by atoms with E-state index in [9.17, 15) is 9.59 Å². The van der Waals surface area contributed by atoms with Crippen LogP contribution in [0.25, 0.3) is 0 Å². The summed E-state index contributed by atoms with van der Waals surface area (Å²) in [6, 6.07) is 15.0. The van der Waals surface area contributed by atoms with E-state index >= 15 is 0 Å². The number of carboxylic acids is 1. The zero-order valence-electron chi connectivity index (χ0n) is 15.8. The number of alkyl carbamates (subject to hydrolysis) is 1. The molecular formula is C21H25NO5. The fraction of sp³-hybridized carbons (Fsp3) is 0.333. The van der Waals surface area contributed by atoms with E-state index in [0.717, 1.165) is 11.1 Å². The van der Waals surface area contributed by atoms with Crippen LogP contribution in [0.2, 0.25) is 0 Å². The highest BCUT2D eigenvalue weighted by molar-refractivity contribution is 5.76. The Morgan fingerprint density at radius 2 is 1.78 bits per heavy atom. The van der Waals surface area contributed by atoms with E-state index in [1.165, 1.54) is 19.4 Å². The maximum Gasteiger partial charge on any atom is 0.407 e. The molecule has 27 heavy (non-hydrogen) atoms. The monoisotopic (exact) mass is 371 g/mol. The third-order valence-electron chi connectivity index (χ3n) is 3.93. The van der Waals surface area contributed by atoms with Gasteiger partial charge < -0.3 is 19.9 Å². The van der Waals surface area contributed by atoms with Crippen LogP contribution >= 0.6 is 0 Å². The van der Waals surface area contributed by atoms with Gasteiger partial charge in [-0.2, -0.15) is 0 Å². The Bertz CT molecular complexity index is 801. The molecule has 6 heteroatoms. The average Bonchev–Trinajstić information content (AvgIpc) is 2.60. The number of carbonyl (C=O) groups is 2. The van der Waals surface area contributed by atoms with Crippen molar-refractivity contribution in [2.24, 2.45) is 0 Å². The highest BCUT2D eigenvalue weighted by Gasteiger charge is 2.29. The van der Waals surface area contributed by atoms with Gasteiger partial charge in [-0.3, -0.25) is 0 Å². The number of amides is 1. The van der Waals surface area contributed by atoms with E-state index in [-0.39, 0.29) is 6.54 Å². The normalized spacial score (nSPS) is 10.9. The lowest BCUT2D eigenvalue weighted by Gasteiger charge is -2.21. The average molecular weight is 371 g/mol. The zero-order valence-corrected chi connectivity index (χ0v) is 15.8. The number of hydrogen-bond acceptors (Lipinski definition) is 4. The van der Waals surface area contributed by atoms with Gasteiger partial charge in [-0.15, -0.1) is 0 Å². The van der Waals surface area contributed by atoms with Crippen LogP contribution in [0.1, 0.15) is 30.5 Å². The first kappa shape index (κ1) is 20.3. The molecule has 0 unspecified atom stereocenters. The Balaban J connectivity index is 1.79. The van der Waals surface area contributed by atoms with Crippen LogP contribution in [-0.4, -0.2) is 29.4 Å². The molecule has 2 N–H and O–H groups in total. The smallest absolute Gasteiger partial charge is 0.407 e. The summed E-state index contributed by atoms with van der Waals surface area (Å²) >= 11 is 0. The van der Waals surface area contributed by atoms with Crippen molar-refractivity contribution in [3.8, 4) is 5.75 Å². The van der Waals surface area contributed by atoms with Gasteiger partial charge in [0, 0.05) is 13.0 Å². The number of nitrogens with one attached hydrogen (secondary N) is 1. The van der Waals surface area contributed by atoms with Crippen LogP contribution in [0.5, 0.6) is 5.75 Å². The molecule has 0 aliphatic heterocycles. The van der Waals surface area contributed by atoms with Gasteiger partial charge in [-0.1, -0.05) is 42.0 Å². The number of benzene rings is 2. The fourth-order valence-electron chi connectivity index (χ4n) is 2.41. The van der Waals surface area contributed by atoms with Gasteiger partial charge in [-0.25, -0.2) is 9.59 Å². The van der Waals surface area contributed by atoms with Crippen molar-refractivity contribution in [1.82, 2.24) is 5.32 Å². The molecule has 2 aromatic rings. The van der Waals surface area contributed by atoms with E-state index in [4.69, 9.17) is 14.6 Å². The summed E-state index contributed by atoms with van der Waals surface area (Å²) in [7, 11) is 0. The molecule has 0 heterocycles. The molecule has 0 saturated carbocycles. The van der Waals surface area contributed by atoms with Gasteiger partial charge in [0.15, 0.2) is 5.60 Å². The summed E-state index contributed by atoms with van der Waals surface area (Å²) < 4.78 is 10.7. The van der Waals surface area contributed by atoms with Gasteiger partial charge in [0.1, 0.15) is 5.75 Å². The first-order valence-corrected chi connectivity index (χ1v) is 8.74. The van der Waals surface area contributed by atoms with E-state index in [0.29, 0.717) is 18.8 Å². The summed E-state index contributed by atoms with van der Waals surface area (Å²) in [5.74, 6) is -0.627. The van der Waals surface area contributed by atoms with Crippen molar-refractivity contribution in [2.45, 2.75) is 39.3 Å². The summed E-state index contributed by atoms with van der Waals surface area (Å²) in [4.78, 5) is 23.0. The maximum absolute atomic E-state index is 11.8. The first-order valence-electron chi connectivity index (χ1n) is 8.74. The van der Waals surface area contributed by atoms with Crippen molar-refractivity contribution in [2.75, 3.05) is 6.61 Å². The van der Waals surface area contributed by atoms with Gasteiger partial charge in [0.25, 0.3) is 0 Å². The number of carbonyl (C=O) groups excluding carboxylic acids is 1. The number of ether oxygens (including phenoxy) is 2. The van der Waals surface area contributed by atoms with Crippen molar-refractivity contribution < 1.29 is 24.2 Å². The molecule has 0 atom stereocenters. The molecular weight excluding hydrogens is 346 g/mol. The second-order valence-electron chi connectivity index (χ2n) is 6.79. The number of aliphatic carboxylic acids is 1. The van der Waals surface area contributed by atoms with Crippen LogP contribution in [0, 0.1) is 6.92 Å². The quantitative estimate of drug-likeness (QED) is 0.739. The maximum atomic E-state index is 11.8. The lowest BCUT2D eigenvalue weighted by atomic mass is 10.1. The van der Waals surface area contributed by atoms with Gasteiger partial charge in [0.05, 0.1) is 6.61 Å². The molecule has 0 fully saturated rings. The lowest BCUT2D eigenvalue weighted by Crippen LogP contribution is -2.37. The second-order valence-corrected chi connectivity index (χ2v) is 6.79. The summed E-state index contributed by atoms with van der Waals surface area (Å²) in [6.07, 6.45) is 0.155. The Labute approximate surface area is 159 Å². The molecule has 2 rings (SSSR count). The van der Waals surface area contributed by atoms with Gasteiger partial charge in [-0.05, 0) is 44.0 Å². The Morgan fingerprint density at radius 3 is 2.48 bits per heavy atom. The predicted molar refractivity (Wildman–Crippen MR) is 102 cm³/mol. The van der Waals surface area contributed by atoms with E-state index in [1.807, 2.05) is 31.2 Å². The molecule has 144 valence electrons. The lowest BCUT2D eigenvalue weighted by molar-refractivity contribution is -0.152. The van der Waals surface area contributed by atoms with Crippen LogP contribution in [-0.2, 0) is 22.5 Å². The van der Waals surface area contributed by atoms with Crippen LogP contribution in [0.4, 0.5) is 4.79 Å². The van der Waals surface area contributed by atoms with Crippen molar-refractivity contribution in [1.29, 1.82) is 0 Å². The summed E-state index contributed by atoms with van der Waals surface area (Å²) in [5.41, 5.74) is 1.74. The van der Waals surface area contributed by atoms with E-state index in [2.05, 4.69) is 11.4 Å². The SMILES string of the molecule is Cc1cccc(CCOC(=O)NCc2cccc(OC(C)(C)C(=O)O)c2)c1. The molecule has 1 amide bonds. The molecule has 6 nitrogen and oxygen atoms in total. The second kappa shape index (κ2) is 9.07. The van der Waals surface area contributed by atoms with Gasteiger partial charge >= 0.3 is 12.1 Å².